The highest BCUT2D eigenvalue weighted by Crippen LogP contribution is 2.27. The molecule has 1 nitrogen and oxygen atoms in total. The van der Waals surface area contributed by atoms with E-state index in [1.165, 1.54) is 23.1 Å². The maximum atomic E-state index is 3.44. The van der Waals surface area contributed by atoms with Crippen LogP contribution >= 0.6 is 0 Å². The van der Waals surface area contributed by atoms with Crippen molar-refractivity contribution in [2.24, 2.45) is 0 Å². The second-order valence-electron chi connectivity index (χ2n) is 4.29. The zero-order chi connectivity index (χ0) is 10.8. The summed E-state index contributed by atoms with van der Waals surface area (Å²) in [4.78, 5) is 0. The molecule has 1 N–H and O–H groups in total. The van der Waals surface area contributed by atoms with Crippen LogP contribution in [0.2, 0.25) is 0 Å². The summed E-state index contributed by atoms with van der Waals surface area (Å²) in [6.07, 6.45) is 1.26. The lowest BCUT2D eigenvalue weighted by atomic mass is 9.94. The number of hydrogen-bond acceptors (Lipinski definition) is 1. The summed E-state index contributed by atoms with van der Waals surface area (Å²) in [5, 5.41) is 3.44. The quantitative estimate of drug-likeness (QED) is 0.799. The van der Waals surface area contributed by atoms with Crippen LogP contribution in [0.3, 0.4) is 0 Å². The first-order valence-corrected chi connectivity index (χ1v) is 5.82. The van der Waals surface area contributed by atoms with Crippen LogP contribution in [-0.2, 0) is 0 Å². The zero-order valence-electron chi connectivity index (χ0n) is 9.19. The van der Waals surface area contributed by atoms with Crippen molar-refractivity contribution in [2.45, 2.75) is 12.5 Å². The van der Waals surface area contributed by atoms with Crippen molar-refractivity contribution in [1.82, 2.24) is 5.32 Å². The molecule has 1 saturated heterocycles. The van der Waals surface area contributed by atoms with Gasteiger partial charge in [0.15, 0.2) is 0 Å². The van der Waals surface area contributed by atoms with Crippen molar-refractivity contribution in [3.63, 3.8) is 0 Å². The molecule has 1 aliphatic rings. The van der Waals surface area contributed by atoms with Crippen molar-refractivity contribution >= 4 is 0 Å². The van der Waals surface area contributed by atoms with Crippen LogP contribution in [0.15, 0.2) is 54.6 Å². The standard InChI is InChI=1S/C15H15N/c1-2-5-12(6-3-1)13-7-4-8-14(11-13)15-9-10-16-15/h1-8,11,15-16H,9-10H2/t15-/m0/s1. The summed E-state index contributed by atoms with van der Waals surface area (Å²) in [5.41, 5.74) is 4.02. The lowest BCUT2D eigenvalue weighted by molar-refractivity contribution is 0.383. The first-order valence-electron chi connectivity index (χ1n) is 5.82. The number of hydrogen-bond donors (Lipinski definition) is 1. The Morgan fingerprint density at radius 3 is 2.31 bits per heavy atom. The Morgan fingerprint density at radius 1 is 0.875 bits per heavy atom. The van der Waals surface area contributed by atoms with Gasteiger partial charge >= 0.3 is 0 Å². The summed E-state index contributed by atoms with van der Waals surface area (Å²) in [6, 6.07) is 20.0. The van der Waals surface area contributed by atoms with E-state index in [0.717, 1.165) is 6.54 Å². The second-order valence-corrected chi connectivity index (χ2v) is 4.29. The van der Waals surface area contributed by atoms with Crippen LogP contribution in [0.4, 0.5) is 0 Å². The van der Waals surface area contributed by atoms with Crippen LogP contribution in [0, 0.1) is 0 Å². The van der Waals surface area contributed by atoms with E-state index in [1.54, 1.807) is 0 Å². The Kier molecular flexibility index (Phi) is 2.47. The normalized spacial score (nSPS) is 19.1. The van der Waals surface area contributed by atoms with Gasteiger partial charge in [0.25, 0.3) is 0 Å². The molecule has 2 aromatic carbocycles. The molecular formula is C15H15N. The van der Waals surface area contributed by atoms with E-state index in [0.29, 0.717) is 6.04 Å². The van der Waals surface area contributed by atoms with E-state index in [2.05, 4.69) is 59.9 Å². The molecule has 0 amide bonds. The molecule has 2 aromatic rings. The Labute approximate surface area is 96.1 Å². The molecule has 0 spiro atoms. The van der Waals surface area contributed by atoms with Crippen LogP contribution < -0.4 is 5.32 Å². The van der Waals surface area contributed by atoms with Gasteiger partial charge in [0.05, 0.1) is 0 Å². The average Bonchev–Trinajstić information content (AvgIpc) is 2.28. The Bertz CT molecular complexity index is 472. The molecule has 0 radical (unpaired) electrons. The number of rotatable bonds is 2. The molecule has 1 heteroatoms. The third-order valence-corrected chi connectivity index (χ3v) is 3.22. The smallest absolute Gasteiger partial charge is 0.0332 e. The lowest BCUT2D eigenvalue weighted by Crippen LogP contribution is -2.34. The topological polar surface area (TPSA) is 12.0 Å². The van der Waals surface area contributed by atoms with Gasteiger partial charge in [0.2, 0.25) is 0 Å². The molecule has 1 atom stereocenters. The molecule has 1 fully saturated rings. The molecule has 80 valence electrons. The Morgan fingerprint density at radius 2 is 1.62 bits per heavy atom. The molecule has 0 unspecified atom stereocenters. The predicted molar refractivity (Wildman–Crippen MR) is 67.2 cm³/mol. The molecule has 0 aromatic heterocycles. The van der Waals surface area contributed by atoms with E-state index < -0.39 is 0 Å². The third-order valence-electron chi connectivity index (χ3n) is 3.22. The molecule has 0 saturated carbocycles. The predicted octanol–water partition coefficient (Wildman–Crippen LogP) is 3.39. The molecule has 0 aliphatic carbocycles. The minimum atomic E-state index is 0.573. The summed E-state index contributed by atoms with van der Waals surface area (Å²) in [7, 11) is 0. The van der Waals surface area contributed by atoms with Gasteiger partial charge in [-0.15, -0.1) is 0 Å². The summed E-state index contributed by atoms with van der Waals surface area (Å²) >= 11 is 0. The molecule has 3 rings (SSSR count). The van der Waals surface area contributed by atoms with Crippen LogP contribution in [-0.4, -0.2) is 6.54 Å². The molecule has 0 bridgehead atoms. The van der Waals surface area contributed by atoms with Gasteiger partial charge in [-0.1, -0.05) is 48.5 Å². The second kappa shape index (κ2) is 4.11. The van der Waals surface area contributed by atoms with Crippen LogP contribution in [0.1, 0.15) is 18.0 Å². The van der Waals surface area contributed by atoms with Gasteiger partial charge < -0.3 is 5.32 Å². The Balaban J connectivity index is 1.96. The van der Waals surface area contributed by atoms with Crippen LogP contribution in [0.5, 0.6) is 0 Å². The first kappa shape index (κ1) is 9.61. The maximum Gasteiger partial charge on any atom is 0.0332 e. The monoisotopic (exact) mass is 209 g/mol. The minimum absolute atomic E-state index is 0.573. The van der Waals surface area contributed by atoms with E-state index in [-0.39, 0.29) is 0 Å². The average molecular weight is 209 g/mol. The molecule has 16 heavy (non-hydrogen) atoms. The van der Waals surface area contributed by atoms with E-state index in [4.69, 9.17) is 0 Å². The van der Waals surface area contributed by atoms with Crippen molar-refractivity contribution in [3.8, 4) is 11.1 Å². The minimum Gasteiger partial charge on any atom is -0.310 e. The SMILES string of the molecule is c1ccc(-c2cccc([C@@H]3CCN3)c2)cc1. The number of nitrogens with one attached hydrogen (secondary N) is 1. The summed E-state index contributed by atoms with van der Waals surface area (Å²) < 4.78 is 0. The summed E-state index contributed by atoms with van der Waals surface area (Å²) in [5.74, 6) is 0. The van der Waals surface area contributed by atoms with Gasteiger partial charge in [-0.3, -0.25) is 0 Å². The van der Waals surface area contributed by atoms with Gasteiger partial charge in [0.1, 0.15) is 0 Å². The van der Waals surface area contributed by atoms with Crippen molar-refractivity contribution < 1.29 is 0 Å². The highest BCUT2D eigenvalue weighted by Gasteiger charge is 2.18. The van der Waals surface area contributed by atoms with Gasteiger partial charge in [-0.05, 0) is 35.7 Å². The maximum absolute atomic E-state index is 3.44. The largest absolute Gasteiger partial charge is 0.310 e. The third kappa shape index (κ3) is 1.74. The molecule has 1 aliphatic heterocycles. The van der Waals surface area contributed by atoms with E-state index in [9.17, 15) is 0 Å². The lowest BCUT2D eigenvalue weighted by Gasteiger charge is -2.28. The fourth-order valence-electron chi connectivity index (χ4n) is 2.14. The zero-order valence-corrected chi connectivity index (χ0v) is 9.19. The van der Waals surface area contributed by atoms with E-state index in [1.807, 2.05) is 0 Å². The fourth-order valence-corrected chi connectivity index (χ4v) is 2.14. The first-order chi connectivity index (χ1) is 7.93. The highest BCUT2D eigenvalue weighted by atomic mass is 15.0. The molecular weight excluding hydrogens is 194 g/mol. The molecule has 1 heterocycles. The Hall–Kier alpha value is -1.60. The van der Waals surface area contributed by atoms with Crippen LogP contribution in [0.25, 0.3) is 11.1 Å². The van der Waals surface area contributed by atoms with Gasteiger partial charge in [0, 0.05) is 6.04 Å². The van der Waals surface area contributed by atoms with Crippen molar-refractivity contribution in [1.29, 1.82) is 0 Å². The highest BCUT2D eigenvalue weighted by molar-refractivity contribution is 5.64. The fraction of sp³-hybridized carbons (Fsp3) is 0.200. The summed E-state index contributed by atoms with van der Waals surface area (Å²) in [6.45, 7) is 1.15. The van der Waals surface area contributed by atoms with E-state index >= 15 is 0 Å². The van der Waals surface area contributed by atoms with Gasteiger partial charge in [-0.25, -0.2) is 0 Å². The van der Waals surface area contributed by atoms with Crippen molar-refractivity contribution in [3.05, 3.63) is 60.2 Å². The number of benzene rings is 2. The van der Waals surface area contributed by atoms with Crippen molar-refractivity contribution in [2.75, 3.05) is 6.54 Å². The van der Waals surface area contributed by atoms with Gasteiger partial charge in [-0.2, -0.15) is 0 Å².